The van der Waals surface area contributed by atoms with E-state index in [4.69, 9.17) is 5.73 Å². The third kappa shape index (κ3) is 3.58. The first-order valence-corrected chi connectivity index (χ1v) is 8.33. The Hall–Kier alpha value is -0.340. The lowest BCUT2D eigenvalue weighted by molar-refractivity contribution is 0.224. The van der Waals surface area contributed by atoms with E-state index in [-0.39, 0.29) is 5.54 Å². The zero-order valence-electron chi connectivity index (χ0n) is 11.9. The fourth-order valence-corrected chi connectivity index (χ4v) is 4.29. The first-order valence-electron chi connectivity index (χ1n) is 7.51. The number of thiophene rings is 1. The molecule has 102 valence electrons. The van der Waals surface area contributed by atoms with E-state index in [1.807, 2.05) is 11.3 Å². The highest BCUT2D eigenvalue weighted by atomic mass is 32.1. The summed E-state index contributed by atoms with van der Waals surface area (Å²) in [6, 6.07) is 4.56. The maximum atomic E-state index is 6.61. The van der Waals surface area contributed by atoms with Gasteiger partial charge in [-0.1, -0.05) is 26.7 Å². The molecule has 1 aliphatic rings. The van der Waals surface area contributed by atoms with Gasteiger partial charge in [0.05, 0.1) is 0 Å². The normalized spacial score (nSPS) is 28.5. The van der Waals surface area contributed by atoms with Crippen LogP contribution in [0.25, 0.3) is 0 Å². The predicted octanol–water partition coefficient (Wildman–Crippen LogP) is 4.54. The van der Waals surface area contributed by atoms with E-state index in [1.165, 1.54) is 48.3 Å². The number of rotatable bonds is 5. The maximum Gasteiger partial charge on any atom is 0.0203 e. The van der Waals surface area contributed by atoms with Crippen molar-refractivity contribution >= 4 is 11.3 Å². The van der Waals surface area contributed by atoms with Crippen molar-refractivity contribution in [2.45, 2.75) is 70.8 Å². The Morgan fingerprint density at radius 3 is 2.44 bits per heavy atom. The van der Waals surface area contributed by atoms with E-state index in [2.05, 4.69) is 26.0 Å². The van der Waals surface area contributed by atoms with Crippen molar-refractivity contribution in [2.24, 2.45) is 11.7 Å². The average molecular weight is 265 g/mol. The summed E-state index contributed by atoms with van der Waals surface area (Å²) in [7, 11) is 0. The molecule has 1 heterocycles. The molecule has 0 saturated heterocycles. The van der Waals surface area contributed by atoms with Gasteiger partial charge in [-0.3, -0.25) is 0 Å². The zero-order valence-corrected chi connectivity index (χ0v) is 12.7. The highest BCUT2D eigenvalue weighted by Crippen LogP contribution is 2.36. The fraction of sp³-hybridized carbons (Fsp3) is 0.750. The van der Waals surface area contributed by atoms with Crippen LogP contribution >= 0.6 is 11.3 Å². The van der Waals surface area contributed by atoms with Crippen molar-refractivity contribution < 1.29 is 0 Å². The molecule has 0 amide bonds. The number of aryl methyl sites for hydroxylation is 1. The molecule has 1 aromatic heterocycles. The third-order valence-corrected chi connectivity index (χ3v) is 5.62. The fourth-order valence-electron chi connectivity index (χ4n) is 3.18. The molecule has 1 aliphatic carbocycles. The Morgan fingerprint density at radius 2 is 1.89 bits per heavy atom. The van der Waals surface area contributed by atoms with Crippen LogP contribution in [-0.4, -0.2) is 5.54 Å². The molecular formula is C16H27NS. The molecule has 2 N–H and O–H groups in total. The van der Waals surface area contributed by atoms with Crippen LogP contribution in [0, 0.1) is 5.92 Å². The second kappa shape index (κ2) is 6.21. The number of hydrogen-bond acceptors (Lipinski definition) is 2. The molecular weight excluding hydrogens is 238 g/mol. The molecule has 2 heteroatoms. The molecule has 1 nitrogen and oxygen atoms in total. The first kappa shape index (κ1) is 14.1. The van der Waals surface area contributed by atoms with Gasteiger partial charge >= 0.3 is 0 Å². The van der Waals surface area contributed by atoms with Gasteiger partial charge in [0.15, 0.2) is 0 Å². The van der Waals surface area contributed by atoms with E-state index in [1.54, 1.807) is 0 Å². The third-order valence-electron chi connectivity index (χ3n) is 4.39. The highest BCUT2D eigenvalue weighted by molar-refractivity contribution is 7.12. The maximum absolute atomic E-state index is 6.61. The van der Waals surface area contributed by atoms with Gasteiger partial charge in [-0.15, -0.1) is 11.3 Å². The highest BCUT2D eigenvalue weighted by Gasteiger charge is 2.31. The van der Waals surface area contributed by atoms with E-state index in [0.29, 0.717) is 0 Å². The van der Waals surface area contributed by atoms with Crippen LogP contribution in [0.4, 0.5) is 0 Å². The Kier molecular flexibility index (Phi) is 4.85. The predicted molar refractivity (Wildman–Crippen MR) is 81.2 cm³/mol. The number of hydrogen-bond donors (Lipinski definition) is 1. The van der Waals surface area contributed by atoms with Crippen LogP contribution in [0.5, 0.6) is 0 Å². The van der Waals surface area contributed by atoms with Crippen LogP contribution in [-0.2, 0) is 12.8 Å². The minimum atomic E-state index is 0.0834. The average Bonchev–Trinajstić information content (AvgIpc) is 2.80. The molecule has 0 unspecified atom stereocenters. The zero-order chi connectivity index (χ0) is 13.0. The van der Waals surface area contributed by atoms with Gasteiger partial charge < -0.3 is 5.73 Å². The van der Waals surface area contributed by atoms with Crippen LogP contribution < -0.4 is 5.73 Å². The molecule has 0 bridgehead atoms. The van der Waals surface area contributed by atoms with Gasteiger partial charge in [0, 0.05) is 15.3 Å². The molecule has 0 atom stereocenters. The summed E-state index contributed by atoms with van der Waals surface area (Å²) in [5.74, 6) is 0.946. The molecule has 1 fully saturated rings. The molecule has 2 rings (SSSR count). The van der Waals surface area contributed by atoms with Gasteiger partial charge in [0.25, 0.3) is 0 Å². The monoisotopic (exact) mass is 265 g/mol. The standard InChI is InChI=1S/C16H27NS/c1-3-5-13-8-10-16(17,11-9-13)12-15-7-6-14(4-2)18-15/h6-7,13H,3-5,8-12,17H2,1-2H3. The summed E-state index contributed by atoms with van der Waals surface area (Å²) in [5, 5.41) is 0. The summed E-state index contributed by atoms with van der Waals surface area (Å²) in [5.41, 5.74) is 6.69. The van der Waals surface area contributed by atoms with E-state index in [9.17, 15) is 0 Å². The van der Waals surface area contributed by atoms with E-state index in [0.717, 1.165) is 18.8 Å². The quantitative estimate of drug-likeness (QED) is 0.831. The summed E-state index contributed by atoms with van der Waals surface area (Å²) in [4.78, 5) is 2.98. The van der Waals surface area contributed by atoms with Gasteiger partial charge in [-0.05, 0) is 56.6 Å². The molecule has 0 aliphatic heterocycles. The Bertz CT molecular complexity index is 361. The topological polar surface area (TPSA) is 26.0 Å². The second-order valence-corrected chi connectivity index (χ2v) is 7.25. The first-order chi connectivity index (χ1) is 8.65. The minimum Gasteiger partial charge on any atom is -0.325 e. The Morgan fingerprint density at radius 1 is 1.22 bits per heavy atom. The van der Waals surface area contributed by atoms with Crippen molar-refractivity contribution in [1.29, 1.82) is 0 Å². The van der Waals surface area contributed by atoms with E-state index < -0.39 is 0 Å². The lowest BCUT2D eigenvalue weighted by Gasteiger charge is -2.37. The van der Waals surface area contributed by atoms with Gasteiger partial charge in [-0.25, -0.2) is 0 Å². The van der Waals surface area contributed by atoms with Crippen molar-refractivity contribution in [3.05, 3.63) is 21.9 Å². The molecule has 0 radical (unpaired) electrons. The molecule has 1 aromatic rings. The van der Waals surface area contributed by atoms with Crippen LogP contribution in [0.15, 0.2) is 12.1 Å². The molecule has 18 heavy (non-hydrogen) atoms. The van der Waals surface area contributed by atoms with Crippen molar-refractivity contribution in [3.63, 3.8) is 0 Å². The van der Waals surface area contributed by atoms with Crippen molar-refractivity contribution in [3.8, 4) is 0 Å². The summed E-state index contributed by atoms with van der Waals surface area (Å²) in [6.07, 6.45) is 10.1. The second-order valence-electron chi connectivity index (χ2n) is 5.99. The Balaban J connectivity index is 1.89. The largest absolute Gasteiger partial charge is 0.325 e. The van der Waals surface area contributed by atoms with Gasteiger partial charge in [0.1, 0.15) is 0 Å². The van der Waals surface area contributed by atoms with Crippen LogP contribution in [0.2, 0.25) is 0 Å². The lowest BCUT2D eigenvalue weighted by Crippen LogP contribution is -2.45. The minimum absolute atomic E-state index is 0.0834. The number of nitrogens with two attached hydrogens (primary N) is 1. The van der Waals surface area contributed by atoms with Crippen LogP contribution in [0.1, 0.15) is 62.1 Å². The van der Waals surface area contributed by atoms with E-state index >= 15 is 0 Å². The molecule has 0 spiro atoms. The lowest BCUT2D eigenvalue weighted by atomic mass is 9.74. The Labute approximate surface area is 116 Å². The molecule has 0 aromatic carbocycles. The molecule has 1 saturated carbocycles. The summed E-state index contributed by atoms with van der Waals surface area (Å²) >= 11 is 1.96. The summed E-state index contributed by atoms with van der Waals surface area (Å²) < 4.78 is 0. The SMILES string of the molecule is CCCC1CCC(N)(Cc2ccc(CC)s2)CC1. The van der Waals surface area contributed by atoms with Crippen molar-refractivity contribution in [2.75, 3.05) is 0 Å². The smallest absolute Gasteiger partial charge is 0.0203 e. The van der Waals surface area contributed by atoms with Gasteiger partial charge in [0.2, 0.25) is 0 Å². The van der Waals surface area contributed by atoms with Crippen LogP contribution in [0.3, 0.4) is 0 Å². The summed E-state index contributed by atoms with van der Waals surface area (Å²) in [6.45, 7) is 4.52. The van der Waals surface area contributed by atoms with Crippen molar-refractivity contribution in [1.82, 2.24) is 0 Å². The van der Waals surface area contributed by atoms with Gasteiger partial charge in [-0.2, -0.15) is 0 Å².